The second kappa shape index (κ2) is 10.7. The smallest absolute Gasteiger partial charge is 0.261 e. The molecule has 0 aromatic heterocycles. The van der Waals surface area contributed by atoms with Crippen LogP contribution in [0.25, 0.3) is 0 Å². The van der Waals surface area contributed by atoms with E-state index in [9.17, 15) is 14.0 Å². The minimum atomic E-state index is -0.792. The van der Waals surface area contributed by atoms with Crippen molar-refractivity contribution in [1.82, 2.24) is 21.5 Å². The summed E-state index contributed by atoms with van der Waals surface area (Å²) in [6.45, 7) is 5.93. The second-order valence-corrected chi connectivity index (χ2v) is 6.55. The van der Waals surface area contributed by atoms with Crippen LogP contribution in [0, 0.1) is 11.7 Å². The van der Waals surface area contributed by atoms with Crippen LogP contribution in [0.3, 0.4) is 0 Å². The topological polar surface area (TPSA) is 91.5 Å². The number of amides is 2. The zero-order valence-electron chi connectivity index (χ0n) is 15.3. The van der Waals surface area contributed by atoms with Crippen LogP contribution >= 0.6 is 12.2 Å². The molecule has 0 aliphatic heterocycles. The molecule has 0 bridgehead atoms. The number of benzene rings is 1. The molecule has 26 heavy (non-hydrogen) atoms. The number of thiocarbonyl (C=S) groups is 1. The van der Waals surface area contributed by atoms with Crippen LogP contribution < -0.4 is 21.5 Å². The highest BCUT2D eigenvalue weighted by atomic mass is 32.1. The number of hydrogen-bond donors (Lipinski definition) is 4. The number of ether oxygens (including phenoxy) is 1. The molecular weight excluding hydrogens is 359 g/mol. The Morgan fingerprint density at radius 3 is 2.27 bits per heavy atom. The maximum Gasteiger partial charge on any atom is 0.261 e. The minimum Gasteiger partial charge on any atom is -0.383 e. The van der Waals surface area contributed by atoms with Crippen LogP contribution in [0.1, 0.15) is 31.1 Å². The molecule has 7 nitrogen and oxygen atoms in total. The monoisotopic (exact) mass is 384 g/mol. The molecule has 4 N–H and O–H groups in total. The van der Waals surface area contributed by atoms with Crippen LogP contribution in [-0.2, 0) is 9.53 Å². The van der Waals surface area contributed by atoms with Gasteiger partial charge < -0.3 is 15.4 Å². The molecule has 0 saturated heterocycles. The van der Waals surface area contributed by atoms with E-state index in [1.54, 1.807) is 21.0 Å². The Balaban J connectivity index is 2.60. The third-order valence-corrected chi connectivity index (χ3v) is 3.66. The predicted octanol–water partition coefficient (Wildman–Crippen LogP) is 1.11. The third kappa shape index (κ3) is 7.32. The van der Waals surface area contributed by atoms with E-state index in [-0.39, 0.29) is 22.6 Å². The Labute approximate surface area is 158 Å². The molecule has 0 radical (unpaired) electrons. The van der Waals surface area contributed by atoms with Gasteiger partial charge in [-0.3, -0.25) is 20.4 Å². The van der Waals surface area contributed by atoms with Gasteiger partial charge in [-0.15, -0.1) is 0 Å². The first-order valence-electron chi connectivity index (χ1n) is 8.16. The quantitative estimate of drug-likeness (QED) is 0.416. The highest BCUT2D eigenvalue weighted by Crippen LogP contribution is 2.06. The van der Waals surface area contributed by atoms with Crippen molar-refractivity contribution < 1.29 is 18.7 Å². The summed E-state index contributed by atoms with van der Waals surface area (Å²) in [5.41, 5.74) is 5.33. The van der Waals surface area contributed by atoms with Crippen molar-refractivity contribution in [2.45, 2.75) is 32.9 Å². The average molecular weight is 384 g/mol. The molecule has 2 atom stereocenters. The van der Waals surface area contributed by atoms with E-state index in [0.29, 0.717) is 6.61 Å². The van der Waals surface area contributed by atoms with Crippen LogP contribution in [0.5, 0.6) is 0 Å². The number of methoxy groups -OCH3 is 1. The van der Waals surface area contributed by atoms with Gasteiger partial charge in [-0.2, -0.15) is 0 Å². The Kier molecular flexibility index (Phi) is 8.94. The van der Waals surface area contributed by atoms with Gasteiger partial charge in [-0.1, -0.05) is 13.8 Å². The molecule has 9 heteroatoms. The second-order valence-electron chi connectivity index (χ2n) is 6.15. The van der Waals surface area contributed by atoms with Crippen LogP contribution in [0.2, 0.25) is 0 Å². The van der Waals surface area contributed by atoms with Gasteiger partial charge >= 0.3 is 0 Å². The van der Waals surface area contributed by atoms with Crippen LogP contribution in [0.4, 0.5) is 4.39 Å². The fourth-order valence-electron chi connectivity index (χ4n) is 2.11. The SMILES string of the molecule is COC[C@@H](C)NC(=S)NNC(=O)[C@@H](NC(=O)c1ccc(F)cc1)C(C)C. The summed E-state index contributed by atoms with van der Waals surface area (Å²) in [4.78, 5) is 24.6. The number of halogens is 1. The molecule has 1 aromatic carbocycles. The average Bonchev–Trinajstić information content (AvgIpc) is 2.57. The molecule has 0 aliphatic rings. The lowest BCUT2D eigenvalue weighted by Gasteiger charge is -2.23. The van der Waals surface area contributed by atoms with Crippen molar-refractivity contribution in [2.24, 2.45) is 5.92 Å². The first kappa shape index (κ1) is 21.8. The van der Waals surface area contributed by atoms with Crippen molar-refractivity contribution in [3.8, 4) is 0 Å². The molecule has 1 rings (SSSR count). The van der Waals surface area contributed by atoms with Gasteiger partial charge in [-0.05, 0) is 49.3 Å². The molecule has 2 amide bonds. The number of nitrogens with one attached hydrogen (secondary N) is 4. The van der Waals surface area contributed by atoms with Crippen LogP contribution in [-0.4, -0.2) is 42.7 Å². The standard InChI is InChI=1S/C17H25FN4O3S/c1-10(2)14(20-15(23)12-5-7-13(18)8-6-12)16(24)21-22-17(26)19-11(3)9-25-4/h5-8,10-11,14H,9H2,1-4H3,(H,20,23)(H,21,24)(H2,19,22,26)/t11-,14+/m1/s1. The molecule has 0 fully saturated rings. The molecule has 144 valence electrons. The first-order valence-corrected chi connectivity index (χ1v) is 8.57. The molecule has 0 saturated carbocycles. The Morgan fingerprint density at radius 1 is 1.12 bits per heavy atom. The predicted molar refractivity (Wildman–Crippen MR) is 101 cm³/mol. The number of carbonyl (C=O) groups excluding carboxylic acids is 2. The zero-order chi connectivity index (χ0) is 19.7. The third-order valence-electron chi connectivity index (χ3n) is 3.44. The maximum absolute atomic E-state index is 13.0. The van der Waals surface area contributed by atoms with Gasteiger partial charge in [0, 0.05) is 18.7 Å². The lowest BCUT2D eigenvalue weighted by molar-refractivity contribution is -0.124. The largest absolute Gasteiger partial charge is 0.383 e. The van der Waals surface area contributed by atoms with E-state index in [4.69, 9.17) is 17.0 Å². The maximum atomic E-state index is 13.0. The molecular formula is C17H25FN4O3S. The summed E-state index contributed by atoms with van der Waals surface area (Å²) in [5, 5.41) is 5.81. The molecule has 0 unspecified atom stereocenters. The summed E-state index contributed by atoms with van der Waals surface area (Å²) in [7, 11) is 1.58. The van der Waals surface area contributed by atoms with E-state index in [1.807, 2.05) is 6.92 Å². The molecule has 0 spiro atoms. The molecule has 1 aromatic rings. The number of hydrogen-bond acceptors (Lipinski definition) is 4. The fourth-order valence-corrected chi connectivity index (χ4v) is 2.36. The highest BCUT2D eigenvalue weighted by Gasteiger charge is 2.25. The van der Waals surface area contributed by atoms with Gasteiger partial charge in [0.2, 0.25) is 0 Å². The van der Waals surface area contributed by atoms with Crippen molar-refractivity contribution in [1.29, 1.82) is 0 Å². The first-order chi connectivity index (χ1) is 12.2. The van der Waals surface area contributed by atoms with E-state index in [0.717, 1.165) is 0 Å². The van der Waals surface area contributed by atoms with Crippen molar-refractivity contribution in [3.05, 3.63) is 35.6 Å². The summed E-state index contributed by atoms with van der Waals surface area (Å²) in [6.07, 6.45) is 0. The fraction of sp³-hybridized carbons (Fsp3) is 0.471. The molecule has 0 aliphatic carbocycles. The zero-order valence-corrected chi connectivity index (χ0v) is 16.1. The molecule has 0 heterocycles. The van der Waals surface area contributed by atoms with E-state index >= 15 is 0 Å². The van der Waals surface area contributed by atoms with E-state index in [1.165, 1.54) is 24.3 Å². The normalized spacial score (nSPS) is 12.8. The highest BCUT2D eigenvalue weighted by molar-refractivity contribution is 7.80. The van der Waals surface area contributed by atoms with Gasteiger partial charge in [0.25, 0.3) is 11.8 Å². The summed E-state index contributed by atoms with van der Waals surface area (Å²) in [5.74, 6) is -1.52. The van der Waals surface area contributed by atoms with Gasteiger partial charge in [0.15, 0.2) is 5.11 Å². The van der Waals surface area contributed by atoms with E-state index < -0.39 is 23.7 Å². The van der Waals surface area contributed by atoms with Crippen molar-refractivity contribution in [3.63, 3.8) is 0 Å². The van der Waals surface area contributed by atoms with Gasteiger partial charge in [-0.25, -0.2) is 4.39 Å². The minimum absolute atomic E-state index is 0.0315. The van der Waals surface area contributed by atoms with Crippen molar-refractivity contribution in [2.75, 3.05) is 13.7 Å². The summed E-state index contributed by atoms with van der Waals surface area (Å²) >= 11 is 5.08. The van der Waals surface area contributed by atoms with Crippen LogP contribution in [0.15, 0.2) is 24.3 Å². The summed E-state index contributed by atoms with van der Waals surface area (Å²) < 4.78 is 17.9. The summed E-state index contributed by atoms with van der Waals surface area (Å²) in [6, 6.07) is 4.26. The van der Waals surface area contributed by atoms with Gasteiger partial charge in [0.05, 0.1) is 6.61 Å². The Bertz CT molecular complexity index is 625. The lowest BCUT2D eigenvalue weighted by atomic mass is 10.0. The van der Waals surface area contributed by atoms with Gasteiger partial charge in [0.1, 0.15) is 11.9 Å². The Morgan fingerprint density at radius 2 is 1.73 bits per heavy atom. The van der Waals surface area contributed by atoms with E-state index in [2.05, 4.69) is 21.5 Å². The number of carbonyl (C=O) groups is 2. The Hall–Kier alpha value is -2.26. The number of rotatable bonds is 7. The van der Waals surface area contributed by atoms with Crippen molar-refractivity contribution >= 4 is 29.1 Å². The lowest BCUT2D eigenvalue weighted by Crippen LogP contribution is -2.56. The number of hydrazine groups is 1.